The molecule has 0 aliphatic heterocycles. The molecule has 0 fully saturated rings. The summed E-state index contributed by atoms with van der Waals surface area (Å²) in [6, 6.07) is 7.90. The van der Waals surface area contributed by atoms with Crippen molar-refractivity contribution in [3.63, 3.8) is 0 Å². The molecular formula is C13H18ClN5. The molecule has 102 valence electrons. The van der Waals surface area contributed by atoms with Crippen LogP contribution in [-0.4, -0.2) is 14.8 Å². The molecule has 0 amide bonds. The average Bonchev–Trinajstić information content (AvgIpc) is 2.85. The summed E-state index contributed by atoms with van der Waals surface area (Å²) >= 11 is 5.89. The van der Waals surface area contributed by atoms with E-state index in [-0.39, 0.29) is 12.1 Å². The van der Waals surface area contributed by atoms with Crippen molar-refractivity contribution in [1.82, 2.24) is 20.2 Å². The number of rotatable bonds is 5. The van der Waals surface area contributed by atoms with Gasteiger partial charge in [-0.25, -0.2) is 9.67 Å². The lowest BCUT2D eigenvalue weighted by Gasteiger charge is -2.17. The van der Waals surface area contributed by atoms with Gasteiger partial charge in [-0.15, -0.1) is 0 Å². The summed E-state index contributed by atoms with van der Waals surface area (Å²) in [5, 5.41) is 4.94. The summed E-state index contributed by atoms with van der Waals surface area (Å²) < 4.78 is 1.90. The number of hydrogen-bond acceptors (Lipinski definition) is 4. The number of nitrogens with one attached hydrogen (secondary N) is 1. The van der Waals surface area contributed by atoms with Crippen LogP contribution in [0.1, 0.15) is 37.3 Å². The fraction of sp³-hybridized carbons (Fsp3) is 0.385. The van der Waals surface area contributed by atoms with Crippen LogP contribution >= 0.6 is 11.6 Å². The van der Waals surface area contributed by atoms with E-state index in [1.807, 2.05) is 28.9 Å². The molecule has 0 aliphatic rings. The van der Waals surface area contributed by atoms with Gasteiger partial charge in [-0.05, 0) is 31.5 Å². The molecule has 0 spiro atoms. The van der Waals surface area contributed by atoms with Crippen molar-refractivity contribution in [3.8, 4) is 0 Å². The van der Waals surface area contributed by atoms with Gasteiger partial charge in [-0.2, -0.15) is 5.10 Å². The molecule has 0 aliphatic carbocycles. The van der Waals surface area contributed by atoms with Crippen LogP contribution in [0.4, 0.5) is 0 Å². The molecule has 1 unspecified atom stereocenters. The van der Waals surface area contributed by atoms with Crippen LogP contribution in [0, 0.1) is 0 Å². The number of benzene rings is 1. The van der Waals surface area contributed by atoms with Gasteiger partial charge in [-0.1, -0.05) is 23.7 Å². The minimum atomic E-state index is -0.0148. The van der Waals surface area contributed by atoms with E-state index in [0.717, 1.165) is 11.4 Å². The predicted octanol–water partition coefficient (Wildman–Crippen LogP) is 2.26. The first-order valence-electron chi connectivity index (χ1n) is 6.21. The van der Waals surface area contributed by atoms with Crippen molar-refractivity contribution in [2.75, 3.05) is 0 Å². The molecule has 1 heterocycles. The molecule has 1 aromatic heterocycles. The number of nitrogens with zero attached hydrogens (tertiary/aromatic N) is 3. The molecule has 0 saturated heterocycles. The summed E-state index contributed by atoms with van der Waals surface area (Å²) in [5.74, 6) is 6.56. The van der Waals surface area contributed by atoms with Crippen LogP contribution in [0.5, 0.6) is 0 Å². The maximum absolute atomic E-state index is 5.89. The fourth-order valence-electron chi connectivity index (χ4n) is 2.00. The van der Waals surface area contributed by atoms with E-state index < -0.39 is 0 Å². The Morgan fingerprint density at radius 2 is 2.00 bits per heavy atom. The van der Waals surface area contributed by atoms with Crippen LogP contribution in [0.15, 0.2) is 30.6 Å². The number of halogens is 1. The minimum absolute atomic E-state index is 0.0148. The number of aromatic nitrogens is 3. The van der Waals surface area contributed by atoms with E-state index in [1.165, 1.54) is 0 Å². The third kappa shape index (κ3) is 3.32. The van der Waals surface area contributed by atoms with Crippen LogP contribution in [0.2, 0.25) is 5.02 Å². The molecule has 6 heteroatoms. The maximum Gasteiger partial charge on any atom is 0.138 e. The average molecular weight is 280 g/mol. The van der Waals surface area contributed by atoms with E-state index in [9.17, 15) is 0 Å². The topological polar surface area (TPSA) is 68.8 Å². The fourth-order valence-corrected chi connectivity index (χ4v) is 2.13. The number of hydrogen-bond donors (Lipinski definition) is 2. The second-order valence-electron chi connectivity index (χ2n) is 4.69. The van der Waals surface area contributed by atoms with E-state index in [2.05, 4.69) is 29.4 Å². The Morgan fingerprint density at radius 3 is 2.58 bits per heavy atom. The van der Waals surface area contributed by atoms with E-state index in [0.29, 0.717) is 11.4 Å². The zero-order valence-corrected chi connectivity index (χ0v) is 11.8. The smallest absolute Gasteiger partial charge is 0.138 e. The van der Waals surface area contributed by atoms with Crippen LogP contribution in [0.3, 0.4) is 0 Å². The summed E-state index contributed by atoms with van der Waals surface area (Å²) in [6.45, 7) is 4.15. The van der Waals surface area contributed by atoms with Crippen molar-refractivity contribution in [1.29, 1.82) is 0 Å². The molecule has 2 aromatic rings. The highest BCUT2D eigenvalue weighted by molar-refractivity contribution is 6.30. The summed E-state index contributed by atoms with van der Waals surface area (Å²) in [4.78, 5) is 4.30. The van der Waals surface area contributed by atoms with Crippen LogP contribution < -0.4 is 11.3 Å². The van der Waals surface area contributed by atoms with Gasteiger partial charge in [0.25, 0.3) is 0 Å². The Kier molecular flexibility index (Phi) is 4.52. The van der Waals surface area contributed by atoms with Crippen molar-refractivity contribution in [3.05, 3.63) is 47.0 Å². The molecule has 0 radical (unpaired) electrons. The van der Waals surface area contributed by atoms with Gasteiger partial charge >= 0.3 is 0 Å². The summed E-state index contributed by atoms with van der Waals surface area (Å²) in [7, 11) is 0. The van der Waals surface area contributed by atoms with Crippen LogP contribution in [0.25, 0.3) is 0 Å². The van der Waals surface area contributed by atoms with Crippen molar-refractivity contribution in [2.45, 2.75) is 32.4 Å². The lowest BCUT2D eigenvalue weighted by atomic mass is 10.0. The van der Waals surface area contributed by atoms with Gasteiger partial charge in [0, 0.05) is 17.5 Å². The molecule has 0 bridgehead atoms. The molecule has 0 saturated carbocycles. The Balaban J connectivity index is 2.19. The maximum atomic E-state index is 5.89. The Hall–Kier alpha value is -1.43. The van der Waals surface area contributed by atoms with Gasteiger partial charge in [0.15, 0.2) is 0 Å². The quantitative estimate of drug-likeness (QED) is 0.651. The predicted molar refractivity (Wildman–Crippen MR) is 75.6 cm³/mol. The van der Waals surface area contributed by atoms with Gasteiger partial charge in [0.05, 0.1) is 6.04 Å². The Bertz CT molecular complexity index is 520. The lowest BCUT2D eigenvalue weighted by Crippen LogP contribution is -2.30. The van der Waals surface area contributed by atoms with Gasteiger partial charge in [0.2, 0.25) is 0 Å². The van der Waals surface area contributed by atoms with Gasteiger partial charge in [0.1, 0.15) is 12.2 Å². The van der Waals surface area contributed by atoms with E-state index >= 15 is 0 Å². The first-order chi connectivity index (χ1) is 9.11. The van der Waals surface area contributed by atoms with Crippen molar-refractivity contribution >= 4 is 11.6 Å². The summed E-state index contributed by atoms with van der Waals surface area (Å²) in [6.07, 6.45) is 2.25. The van der Waals surface area contributed by atoms with Crippen molar-refractivity contribution < 1.29 is 0 Å². The monoisotopic (exact) mass is 279 g/mol. The Morgan fingerprint density at radius 1 is 1.32 bits per heavy atom. The second kappa shape index (κ2) is 6.14. The highest BCUT2D eigenvalue weighted by Gasteiger charge is 2.15. The normalized spacial score (nSPS) is 12.9. The number of nitrogens with two attached hydrogens (primary N) is 1. The molecule has 5 nitrogen and oxygen atoms in total. The van der Waals surface area contributed by atoms with E-state index in [1.54, 1.807) is 6.33 Å². The highest BCUT2D eigenvalue weighted by Crippen LogP contribution is 2.20. The molecule has 1 atom stereocenters. The van der Waals surface area contributed by atoms with Gasteiger partial charge < -0.3 is 0 Å². The SMILES string of the molecule is CC(C)n1ncnc1CC(NN)c1ccc(Cl)cc1. The lowest BCUT2D eigenvalue weighted by molar-refractivity contribution is 0.468. The second-order valence-corrected chi connectivity index (χ2v) is 5.13. The summed E-state index contributed by atoms with van der Waals surface area (Å²) in [5.41, 5.74) is 3.89. The largest absolute Gasteiger partial charge is 0.271 e. The third-order valence-corrected chi connectivity index (χ3v) is 3.25. The zero-order valence-electron chi connectivity index (χ0n) is 11.0. The highest BCUT2D eigenvalue weighted by atomic mass is 35.5. The first kappa shape index (κ1) is 14.0. The zero-order chi connectivity index (χ0) is 13.8. The standard InChI is InChI=1S/C13H18ClN5/c1-9(2)19-13(16-8-17-19)7-12(18-15)10-3-5-11(14)6-4-10/h3-6,8-9,12,18H,7,15H2,1-2H3. The molecular weight excluding hydrogens is 262 g/mol. The van der Waals surface area contributed by atoms with Gasteiger partial charge in [-0.3, -0.25) is 11.3 Å². The number of hydrazine groups is 1. The third-order valence-electron chi connectivity index (χ3n) is 3.00. The molecule has 2 rings (SSSR count). The first-order valence-corrected chi connectivity index (χ1v) is 6.59. The Labute approximate surface area is 117 Å². The van der Waals surface area contributed by atoms with E-state index in [4.69, 9.17) is 17.4 Å². The molecule has 3 N–H and O–H groups in total. The van der Waals surface area contributed by atoms with Crippen LogP contribution in [-0.2, 0) is 6.42 Å². The molecule has 1 aromatic carbocycles. The molecule has 19 heavy (non-hydrogen) atoms. The van der Waals surface area contributed by atoms with Crippen molar-refractivity contribution in [2.24, 2.45) is 5.84 Å². The minimum Gasteiger partial charge on any atom is -0.271 e.